The first-order valence-electron chi connectivity index (χ1n) is 11.8. The SMILES string of the molecule is O=C1CC[C@H](c2coc3ccc4cc(OCCCC5CCCCC5)ccc4c23)C(=O)C1. The van der Waals surface area contributed by atoms with Crippen molar-refractivity contribution in [1.82, 2.24) is 0 Å². The van der Waals surface area contributed by atoms with Crippen LogP contribution in [0.4, 0.5) is 0 Å². The van der Waals surface area contributed by atoms with E-state index in [1.165, 1.54) is 38.5 Å². The number of ketones is 2. The maximum absolute atomic E-state index is 12.5. The largest absolute Gasteiger partial charge is 0.494 e. The average molecular weight is 419 g/mol. The third-order valence-electron chi connectivity index (χ3n) is 7.15. The van der Waals surface area contributed by atoms with Crippen LogP contribution in [0.25, 0.3) is 21.7 Å². The molecule has 0 aliphatic heterocycles. The number of ether oxygens (including phenoxy) is 1. The van der Waals surface area contributed by atoms with E-state index in [0.717, 1.165) is 52.0 Å². The summed E-state index contributed by atoms with van der Waals surface area (Å²) >= 11 is 0. The molecule has 2 aromatic carbocycles. The quantitative estimate of drug-likeness (QED) is 0.329. The second-order valence-electron chi connectivity index (χ2n) is 9.28. The van der Waals surface area contributed by atoms with E-state index in [-0.39, 0.29) is 23.9 Å². The highest BCUT2D eigenvalue weighted by Crippen LogP contribution is 2.39. The molecule has 31 heavy (non-hydrogen) atoms. The molecule has 1 heterocycles. The number of carbonyl (C=O) groups is 2. The van der Waals surface area contributed by atoms with E-state index >= 15 is 0 Å². The fourth-order valence-corrected chi connectivity index (χ4v) is 5.45. The zero-order valence-electron chi connectivity index (χ0n) is 18.0. The third-order valence-corrected chi connectivity index (χ3v) is 7.15. The number of hydrogen-bond donors (Lipinski definition) is 0. The summed E-state index contributed by atoms with van der Waals surface area (Å²) in [5.41, 5.74) is 1.70. The van der Waals surface area contributed by atoms with Crippen LogP contribution in [0.3, 0.4) is 0 Å². The summed E-state index contributed by atoms with van der Waals surface area (Å²) in [7, 11) is 0. The van der Waals surface area contributed by atoms with Gasteiger partial charge < -0.3 is 9.15 Å². The smallest absolute Gasteiger partial charge is 0.147 e. The molecule has 0 saturated heterocycles. The van der Waals surface area contributed by atoms with Gasteiger partial charge in [0.05, 0.1) is 19.3 Å². The lowest BCUT2D eigenvalue weighted by atomic mass is 9.81. The van der Waals surface area contributed by atoms with Crippen LogP contribution in [0.5, 0.6) is 5.75 Å². The van der Waals surface area contributed by atoms with Crippen molar-refractivity contribution in [3.63, 3.8) is 0 Å². The van der Waals surface area contributed by atoms with Gasteiger partial charge in [-0.1, -0.05) is 38.2 Å². The number of carbonyl (C=O) groups excluding carboxylic acids is 2. The molecular weight excluding hydrogens is 388 g/mol. The Labute approximate surface area is 182 Å². The van der Waals surface area contributed by atoms with Crippen molar-refractivity contribution >= 4 is 33.3 Å². The van der Waals surface area contributed by atoms with E-state index < -0.39 is 0 Å². The first-order valence-corrected chi connectivity index (χ1v) is 11.8. The van der Waals surface area contributed by atoms with Gasteiger partial charge in [0.1, 0.15) is 22.9 Å². The number of rotatable bonds is 6. The summed E-state index contributed by atoms with van der Waals surface area (Å²) in [6, 6.07) is 10.2. The summed E-state index contributed by atoms with van der Waals surface area (Å²) in [5.74, 6) is 1.58. The van der Waals surface area contributed by atoms with Crippen molar-refractivity contribution in [3.8, 4) is 5.75 Å². The molecule has 0 spiro atoms. The maximum Gasteiger partial charge on any atom is 0.147 e. The molecular formula is C27H30O4. The Bertz CT molecular complexity index is 1100. The Hall–Kier alpha value is -2.62. The van der Waals surface area contributed by atoms with E-state index in [2.05, 4.69) is 12.1 Å². The molecule has 0 N–H and O–H groups in total. The lowest BCUT2D eigenvalue weighted by Gasteiger charge is -2.21. The lowest BCUT2D eigenvalue weighted by molar-refractivity contribution is -0.130. The minimum absolute atomic E-state index is 0.00822. The Morgan fingerprint density at radius 1 is 1.00 bits per heavy atom. The highest BCUT2D eigenvalue weighted by atomic mass is 16.5. The van der Waals surface area contributed by atoms with E-state index in [4.69, 9.17) is 9.15 Å². The third kappa shape index (κ3) is 4.26. The molecule has 4 nitrogen and oxygen atoms in total. The summed E-state index contributed by atoms with van der Waals surface area (Å²) < 4.78 is 11.8. The van der Waals surface area contributed by atoms with Crippen LogP contribution in [-0.2, 0) is 9.59 Å². The number of hydrogen-bond acceptors (Lipinski definition) is 4. The second-order valence-corrected chi connectivity index (χ2v) is 9.28. The molecule has 4 heteroatoms. The molecule has 0 radical (unpaired) electrons. The van der Waals surface area contributed by atoms with Crippen molar-refractivity contribution in [3.05, 3.63) is 42.2 Å². The van der Waals surface area contributed by atoms with E-state index in [0.29, 0.717) is 12.8 Å². The van der Waals surface area contributed by atoms with Crippen molar-refractivity contribution in [2.75, 3.05) is 6.61 Å². The van der Waals surface area contributed by atoms with Gasteiger partial charge in [-0.05, 0) is 60.2 Å². The predicted octanol–water partition coefficient (Wildman–Crippen LogP) is 6.73. The van der Waals surface area contributed by atoms with Crippen molar-refractivity contribution in [2.45, 2.75) is 70.1 Å². The van der Waals surface area contributed by atoms with Crippen LogP contribution in [-0.4, -0.2) is 18.2 Å². The van der Waals surface area contributed by atoms with Gasteiger partial charge >= 0.3 is 0 Å². The van der Waals surface area contributed by atoms with Gasteiger partial charge in [0, 0.05) is 23.3 Å². The standard InChI is InChI=1S/C27H30O4/c28-20-9-11-23(25(29)16-20)24-17-31-26-13-8-19-15-21(10-12-22(19)27(24)26)30-14-4-7-18-5-2-1-3-6-18/h8,10,12-13,15,17-18,23H,1-7,9,11,14,16H2/t23-/m1/s1. The van der Waals surface area contributed by atoms with Crippen molar-refractivity contribution in [1.29, 1.82) is 0 Å². The molecule has 0 bridgehead atoms. The zero-order valence-corrected chi connectivity index (χ0v) is 18.0. The average Bonchev–Trinajstić information content (AvgIpc) is 3.21. The molecule has 2 fully saturated rings. The summed E-state index contributed by atoms with van der Waals surface area (Å²) in [5, 5.41) is 3.15. The Balaban J connectivity index is 1.33. The van der Waals surface area contributed by atoms with Gasteiger partial charge in [0.15, 0.2) is 0 Å². The molecule has 1 aromatic heterocycles. The summed E-state index contributed by atoms with van der Waals surface area (Å²) in [6.07, 6.45) is 12.1. The minimum atomic E-state index is -0.250. The molecule has 0 unspecified atom stereocenters. The minimum Gasteiger partial charge on any atom is -0.494 e. The fraction of sp³-hybridized carbons (Fsp3) is 0.481. The highest BCUT2D eigenvalue weighted by molar-refractivity contribution is 6.11. The van der Waals surface area contributed by atoms with Gasteiger partial charge in [-0.2, -0.15) is 0 Å². The molecule has 1 atom stereocenters. The number of Topliss-reactive ketones (excluding diaryl/α,β-unsaturated/α-hetero) is 2. The normalized spacial score (nSPS) is 20.6. The van der Waals surface area contributed by atoms with Crippen LogP contribution in [0.1, 0.15) is 75.7 Å². The number of benzene rings is 2. The van der Waals surface area contributed by atoms with E-state index in [1.807, 2.05) is 18.2 Å². The van der Waals surface area contributed by atoms with Gasteiger partial charge in [0.25, 0.3) is 0 Å². The molecule has 3 aromatic rings. The zero-order chi connectivity index (χ0) is 21.2. The Kier molecular flexibility index (Phi) is 5.80. The lowest BCUT2D eigenvalue weighted by Crippen LogP contribution is -2.22. The molecule has 2 saturated carbocycles. The van der Waals surface area contributed by atoms with Gasteiger partial charge in [-0.3, -0.25) is 9.59 Å². The molecule has 2 aliphatic carbocycles. The predicted molar refractivity (Wildman–Crippen MR) is 122 cm³/mol. The Morgan fingerprint density at radius 3 is 2.71 bits per heavy atom. The van der Waals surface area contributed by atoms with Crippen LogP contribution in [0.2, 0.25) is 0 Å². The van der Waals surface area contributed by atoms with Crippen LogP contribution in [0.15, 0.2) is 41.0 Å². The van der Waals surface area contributed by atoms with Crippen molar-refractivity contribution in [2.24, 2.45) is 5.92 Å². The summed E-state index contributed by atoms with van der Waals surface area (Å²) in [6.45, 7) is 0.756. The van der Waals surface area contributed by atoms with E-state index in [1.54, 1.807) is 6.26 Å². The Morgan fingerprint density at radius 2 is 1.87 bits per heavy atom. The van der Waals surface area contributed by atoms with Gasteiger partial charge in [-0.25, -0.2) is 0 Å². The molecule has 5 rings (SSSR count). The second kappa shape index (κ2) is 8.86. The first-order chi connectivity index (χ1) is 15.2. The topological polar surface area (TPSA) is 56.5 Å². The fourth-order valence-electron chi connectivity index (χ4n) is 5.45. The maximum atomic E-state index is 12.5. The van der Waals surface area contributed by atoms with E-state index in [9.17, 15) is 9.59 Å². The van der Waals surface area contributed by atoms with Crippen LogP contribution < -0.4 is 4.74 Å². The number of fused-ring (bicyclic) bond motifs is 3. The monoisotopic (exact) mass is 418 g/mol. The first kappa shape index (κ1) is 20.3. The van der Waals surface area contributed by atoms with Gasteiger partial charge in [-0.15, -0.1) is 0 Å². The number of furan rings is 1. The van der Waals surface area contributed by atoms with Crippen molar-refractivity contribution < 1.29 is 18.7 Å². The molecule has 162 valence electrons. The molecule has 2 aliphatic rings. The molecule has 0 amide bonds. The van der Waals surface area contributed by atoms with Crippen LogP contribution >= 0.6 is 0 Å². The van der Waals surface area contributed by atoms with Crippen LogP contribution in [0, 0.1) is 5.92 Å². The summed E-state index contributed by atoms with van der Waals surface area (Å²) in [4.78, 5) is 24.2. The highest BCUT2D eigenvalue weighted by Gasteiger charge is 2.31. The van der Waals surface area contributed by atoms with Gasteiger partial charge in [0.2, 0.25) is 0 Å².